The van der Waals surface area contributed by atoms with Crippen LogP contribution in [0, 0.1) is 5.92 Å². The molecular formula is C19H39N. The van der Waals surface area contributed by atoms with Crippen molar-refractivity contribution in [1.29, 1.82) is 0 Å². The fraction of sp³-hybridized carbons (Fsp3) is 1.00. The first-order valence-corrected chi connectivity index (χ1v) is 9.60. The molecule has 0 aliphatic heterocycles. The van der Waals surface area contributed by atoms with E-state index in [0.29, 0.717) is 0 Å². The lowest BCUT2D eigenvalue weighted by atomic mass is 9.92. The second-order valence-electron chi connectivity index (χ2n) is 6.90. The minimum Gasteiger partial charge on any atom is -0.314 e. The van der Waals surface area contributed by atoms with Gasteiger partial charge in [-0.25, -0.2) is 0 Å². The van der Waals surface area contributed by atoms with E-state index in [1.807, 2.05) is 0 Å². The summed E-state index contributed by atoms with van der Waals surface area (Å²) in [6, 6.07) is 0.821. The van der Waals surface area contributed by atoms with Gasteiger partial charge in [0.1, 0.15) is 0 Å². The lowest BCUT2D eigenvalue weighted by Crippen LogP contribution is -2.29. The Balaban J connectivity index is 1.99. The Morgan fingerprint density at radius 2 is 1.45 bits per heavy atom. The Hall–Kier alpha value is -0.0400. The van der Waals surface area contributed by atoms with Crippen LogP contribution in [-0.2, 0) is 0 Å². The van der Waals surface area contributed by atoms with E-state index in [-0.39, 0.29) is 0 Å². The second kappa shape index (κ2) is 12.7. The molecule has 2 unspecified atom stereocenters. The molecule has 1 saturated carbocycles. The molecule has 1 fully saturated rings. The van der Waals surface area contributed by atoms with Crippen molar-refractivity contribution in [2.75, 3.05) is 6.54 Å². The Bertz CT molecular complexity index is 202. The van der Waals surface area contributed by atoms with Gasteiger partial charge >= 0.3 is 0 Å². The SMILES string of the molecule is CCCCCCCCCCC1CCCCC(NCC)C1. The highest BCUT2D eigenvalue weighted by molar-refractivity contribution is 4.75. The minimum absolute atomic E-state index is 0.821. The third kappa shape index (κ3) is 9.00. The molecule has 1 aliphatic carbocycles. The highest BCUT2D eigenvalue weighted by Gasteiger charge is 2.18. The van der Waals surface area contributed by atoms with Crippen LogP contribution in [0.1, 0.15) is 104 Å². The molecule has 1 heteroatoms. The van der Waals surface area contributed by atoms with Gasteiger partial charge in [-0.2, -0.15) is 0 Å². The monoisotopic (exact) mass is 281 g/mol. The topological polar surface area (TPSA) is 12.0 Å². The van der Waals surface area contributed by atoms with E-state index in [4.69, 9.17) is 0 Å². The van der Waals surface area contributed by atoms with Crippen LogP contribution in [0.15, 0.2) is 0 Å². The number of nitrogens with one attached hydrogen (secondary N) is 1. The molecule has 1 N–H and O–H groups in total. The van der Waals surface area contributed by atoms with Gasteiger partial charge in [-0.3, -0.25) is 0 Å². The third-order valence-corrected chi connectivity index (χ3v) is 4.99. The van der Waals surface area contributed by atoms with Gasteiger partial charge in [-0.1, -0.05) is 90.9 Å². The molecule has 2 atom stereocenters. The molecule has 0 aromatic rings. The van der Waals surface area contributed by atoms with Crippen LogP contribution < -0.4 is 5.32 Å². The van der Waals surface area contributed by atoms with E-state index >= 15 is 0 Å². The maximum atomic E-state index is 3.68. The summed E-state index contributed by atoms with van der Waals surface area (Å²) in [7, 11) is 0. The van der Waals surface area contributed by atoms with Gasteiger partial charge < -0.3 is 5.32 Å². The molecular weight excluding hydrogens is 242 g/mol. The molecule has 20 heavy (non-hydrogen) atoms. The van der Waals surface area contributed by atoms with Crippen LogP contribution in [-0.4, -0.2) is 12.6 Å². The number of hydrogen-bond acceptors (Lipinski definition) is 1. The molecule has 0 aromatic carbocycles. The van der Waals surface area contributed by atoms with Gasteiger partial charge in [0.25, 0.3) is 0 Å². The molecule has 0 radical (unpaired) electrons. The lowest BCUT2D eigenvalue weighted by Gasteiger charge is -2.20. The molecule has 1 rings (SSSR count). The van der Waals surface area contributed by atoms with Crippen LogP contribution >= 0.6 is 0 Å². The molecule has 1 aliphatic rings. The second-order valence-corrected chi connectivity index (χ2v) is 6.90. The van der Waals surface area contributed by atoms with Crippen LogP contribution in [0.5, 0.6) is 0 Å². The number of unbranched alkanes of at least 4 members (excludes halogenated alkanes) is 7. The Kier molecular flexibility index (Phi) is 11.4. The van der Waals surface area contributed by atoms with Crippen LogP contribution in [0.4, 0.5) is 0 Å². The maximum Gasteiger partial charge on any atom is 0.00695 e. The molecule has 1 nitrogen and oxygen atoms in total. The first-order valence-electron chi connectivity index (χ1n) is 9.60. The molecule has 0 amide bonds. The Morgan fingerprint density at radius 3 is 2.15 bits per heavy atom. The Labute approximate surface area is 128 Å². The van der Waals surface area contributed by atoms with Gasteiger partial charge in [-0.05, 0) is 25.3 Å². The molecule has 0 aromatic heterocycles. The summed E-state index contributed by atoms with van der Waals surface area (Å²) < 4.78 is 0. The van der Waals surface area contributed by atoms with Crippen LogP contribution in [0.2, 0.25) is 0 Å². The van der Waals surface area contributed by atoms with Crippen LogP contribution in [0.3, 0.4) is 0 Å². The summed E-state index contributed by atoms with van der Waals surface area (Å²) in [5.74, 6) is 1.02. The highest BCUT2D eigenvalue weighted by Crippen LogP contribution is 2.27. The average Bonchev–Trinajstić information content (AvgIpc) is 2.67. The zero-order valence-electron chi connectivity index (χ0n) is 14.3. The summed E-state index contributed by atoms with van der Waals surface area (Å²) in [5, 5.41) is 3.68. The van der Waals surface area contributed by atoms with E-state index in [0.717, 1.165) is 18.5 Å². The fourth-order valence-corrected chi connectivity index (χ4v) is 3.76. The zero-order valence-corrected chi connectivity index (χ0v) is 14.3. The van der Waals surface area contributed by atoms with Crippen molar-refractivity contribution < 1.29 is 0 Å². The molecule has 0 heterocycles. The normalized spacial score (nSPS) is 23.7. The van der Waals surface area contributed by atoms with Gasteiger partial charge in [-0.15, -0.1) is 0 Å². The zero-order chi connectivity index (χ0) is 14.5. The van der Waals surface area contributed by atoms with E-state index in [2.05, 4.69) is 19.2 Å². The number of hydrogen-bond donors (Lipinski definition) is 1. The maximum absolute atomic E-state index is 3.68. The first kappa shape index (κ1) is 18.0. The smallest absolute Gasteiger partial charge is 0.00695 e. The van der Waals surface area contributed by atoms with Gasteiger partial charge in [0.15, 0.2) is 0 Å². The first-order chi connectivity index (χ1) is 9.86. The quantitative estimate of drug-likeness (QED) is 0.358. The van der Waals surface area contributed by atoms with Crippen molar-refractivity contribution in [3.05, 3.63) is 0 Å². The molecule has 0 spiro atoms. The van der Waals surface area contributed by atoms with Crippen molar-refractivity contribution in [2.45, 2.75) is 110 Å². The summed E-state index contributed by atoms with van der Waals surface area (Å²) in [6.45, 7) is 5.70. The van der Waals surface area contributed by atoms with Crippen molar-refractivity contribution >= 4 is 0 Å². The number of rotatable bonds is 11. The van der Waals surface area contributed by atoms with E-state index < -0.39 is 0 Å². The van der Waals surface area contributed by atoms with Crippen molar-refractivity contribution in [1.82, 2.24) is 5.32 Å². The van der Waals surface area contributed by atoms with Crippen molar-refractivity contribution in [3.8, 4) is 0 Å². The van der Waals surface area contributed by atoms with E-state index in [9.17, 15) is 0 Å². The van der Waals surface area contributed by atoms with Crippen molar-refractivity contribution in [2.24, 2.45) is 5.92 Å². The van der Waals surface area contributed by atoms with Gasteiger partial charge in [0.2, 0.25) is 0 Å². The molecule has 120 valence electrons. The fourth-order valence-electron chi connectivity index (χ4n) is 3.76. The van der Waals surface area contributed by atoms with Gasteiger partial charge in [0.05, 0.1) is 0 Å². The predicted octanol–water partition coefficient (Wildman–Crippen LogP) is 6.08. The Morgan fingerprint density at radius 1 is 0.800 bits per heavy atom. The minimum atomic E-state index is 0.821. The van der Waals surface area contributed by atoms with Gasteiger partial charge in [0, 0.05) is 6.04 Å². The summed E-state index contributed by atoms with van der Waals surface area (Å²) in [4.78, 5) is 0. The predicted molar refractivity (Wildman–Crippen MR) is 91.3 cm³/mol. The highest BCUT2D eigenvalue weighted by atomic mass is 14.9. The average molecular weight is 282 g/mol. The third-order valence-electron chi connectivity index (χ3n) is 4.99. The summed E-state index contributed by atoms with van der Waals surface area (Å²) >= 11 is 0. The van der Waals surface area contributed by atoms with E-state index in [1.165, 1.54) is 89.9 Å². The molecule has 0 bridgehead atoms. The summed E-state index contributed by atoms with van der Waals surface area (Å²) in [6.07, 6.45) is 20.5. The van der Waals surface area contributed by atoms with Crippen LogP contribution in [0.25, 0.3) is 0 Å². The van der Waals surface area contributed by atoms with E-state index in [1.54, 1.807) is 0 Å². The lowest BCUT2D eigenvalue weighted by molar-refractivity contribution is 0.359. The van der Waals surface area contributed by atoms with Crippen molar-refractivity contribution in [3.63, 3.8) is 0 Å². The standard InChI is InChI=1S/C19H39N/c1-3-5-6-7-8-9-10-11-14-18-15-12-13-16-19(17-18)20-4-2/h18-20H,3-17H2,1-2H3. The summed E-state index contributed by atoms with van der Waals surface area (Å²) in [5.41, 5.74) is 0. The molecule has 0 saturated heterocycles. The largest absolute Gasteiger partial charge is 0.314 e.